The highest BCUT2D eigenvalue weighted by Gasteiger charge is 2.12. The van der Waals surface area contributed by atoms with Crippen LogP contribution in [0.25, 0.3) is 0 Å². The first-order valence-electron chi connectivity index (χ1n) is 4.50. The molecular weight excluding hydrogens is 291 g/mol. The van der Waals surface area contributed by atoms with Crippen LogP contribution in [0.4, 0.5) is 0 Å². The Morgan fingerprint density at radius 1 is 1.43 bits per heavy atom. The van der Waals surface area contributed by atoms with Gasteiger partial charge in [0.1, 0.15) is 6.61 Å². The van der Waals surface area contributed by atoms with Gasteiger partial charge in [0.05, 0.1) is 5.92 Å². The van der Waals surface area contributed by atoms with E-state index in [-0.39, 0.29) is 11.9 Å². The number of carbonyl (C=O) groups excluding carboxylic acids is 1. The van der Waals surface area contributed by atoms with E-state index in [1.165, 1.54) is 0 Å². The quantitative estimate of drug-likeness (QED) is 0.486. The summed E-state index contributed by atoms with van der Waals surface area (Å²) in [6.07, 6.45) is 0. The van der Waals surface area contributed by atoms with Crippen LogP contribution >= 0.6 is 22.6 Å². The van der Waals surface area contributed by atoms with Crippen LogP contribution in [0, 0.1) is 5.92 Å². The average molecular weight is 304 g/mol. The third-order valence-corrected chi connectivity index (χ3v) is 3.18. The van der Waals surface area contributed by atoms with E-state index in [4.69, 9.17) is 4.74 Å². The molecule has 0 aliphatic heterocycles. The summed E-state index contributed by atoms with van der Waals surface area (Å²) in [5.74, 6) is -0.137. The molecule has 0 aliphatic rings. The number of rotatable bonds is 4. The third-order valence-electron chi connectivity index (χ3n) is 1.86. The maximum Gasteiger partial charge on any atom is 0.309 e. The topological polar surface area (TPSA) is 26.3 Å². The molecule has 3 heteroatoms. The maximum atomic E-state index is 11.3. The van der Waals surface area contributed by atoms with E-state index < -0.39 is 0 Å². The molecule has 0 aromatic heterocycles. The molecule has 0 saturated heterocycles. The van der Waals surface area contributed by atoms with Gasteiger partial charge >= 0.3 is 5.97 Å². The Hall–Kier alpha value is -0.580. The van der Waals surface area contributed by atoms with Gasteiger partial charge in [-0.05, 0) is 5.56 Å². The Labute approximate surface area is 97.8 Å². The molecule has 0 amide bonds. The highest BCUT2D eigenvalue weighted by molar-refractivity contribution is 14.1. The monoisotopic (exact) mass is 304 g/mol. The fraction of sp³-hybridized carbons (Fsp3) is 0.364. The molecule has 0 fully saturated rings. The van der Waals surface area contributed by atoms with Crippen LogP contribution < -0.4 is 0 Å². The van der Waals surface area contributed by atoms with Gasteiger partial charge in [0, 0.05) is 4.43 Å². The van der Waals surface area contributed by atoms with Crippen LogP contribution in [0.3, 0.4) is 0 Å². The van der Waals surface area contributed by atoms with Crippen molar-refractivity contribution < 1.29 is 9.53 Å². The molecule has 1 rings (SSSR count). The molecule has 1 aromatic rings. The Morgan fingerprint density at radius 2 is 2.07 bits per heavy atom. The number of esters is 1. The van der Waals surface area contributed by atoms with Crippen LogP contribution in [-0.2, 0) is 16.1 Å². The van der Waals surface area contributed by atoms with Gasteiger partial charge < -0.3 is 4.74 Å². The zero-order chi connectivity index (χ0) is 10.4. The van der Waals surface area contributed by atoms with E-state index >= 15 is 0 Å². The van der Waals surface area contributed by atoms with E-state index in [2.05, 4.69) is 22.6 Å². The smallest absolute Gasteiger partial charge is 0.309 e. The standard InChI is InChI=1S/C11H13IO2/c1-9(7-12)11(13)14-8-10-5-3-2-4-6-10/h2-6,9H,7-8H2,1H3/t9-/m0/s1. The molecule has 0 saturated carbocycles. The Kier molecular flexibility index (Phi) is 4.93. The Morgan fingerprint density at radius 3 is 2.64 bits per heavy atom. The number of hydrogen-bond donors (Lipinski definition) is 0. The SMILES string of the molecule is C[C@@H](CI)C(=O)OCc1ccccc1. The summed E-state index contributed by atoms with van der Waals surface area (Å²) in [6, 6.07) is 9.71. The summed E-state index contributed by atoms with van der Waals surface area (Å²) in [4.78, 5) is 11.3. The molecule has 0 bridgehead atoms. The van der Waals surface area contributed by atoms with Crippen molar-refractivity contribution in [2.45, 2.75) is 13.5 Å². The van der Waals surface area contributed by atoms with E-state index in [0.717, 1.165) is 9.99 Å². The van der Waals surface area contributed by atoms with E-state index in [1.807, 2.05) is 37.3 Å². The van der Waals surface area contributed by atoms with Gasteiger partial charge in [0.15, 0.2) is 0 Å². The molecule has 14 heavy (non-hydrogen) atoms. The van der Waals surface area contributed by atoms with Gasteiger partial charge in [-0.25, -0.2) is 0 Å². The summed E-state index contributed by atoms with van der Waals surface area (Å²) in [7, 11) is 0. The van der Waals surface area contributed by atoms with Gasteiger partial charge in [-0.2, -0.15) is 0 Å². The molecule has 2 nitrogen and oxygen atoms in total. The molecule has 0 unspecified atom stereocenters. The van der Waals surface area contributed by atoms with Crippen LogP contribution in [0.5, 0.6) is 0 Å². The molecular formula is C11H13IO2. The van der Waals surface area contributed by atoms with Gasteiger partial charge in [-0.1, -0.05) is 59.8 Å². The van der Waals surface area contributed by atoms with Crippen LogP contribution in [-0.4, -0.2) is 10.4 Å². The van der Waals surface area contributed by atoms with Crippen molar-refractivity contribution in [2.24, 2.45) is 5.92 Å². The number of halogens is 1. The molecule has 1 atom stereocenters. The first-order chi connectivity index (χ1) is 6.74. The Bertz CT molecular complexity index is 285. The molecule has 0 spiro atoms. The lowest BCUT2D eigenvalue weighted by Gasteiger charge is -2.08. The van der Waals surface area contributed by atoms with E-state index in [0.29, 0.717) is 6.61 Å². The second kappa shape index (κ2) is 6.01. The van der Waals surface area contributed by atoms with Gasteiger partial charge in [-0.3, -0.25) is 4.79 Å². The van der Waals surface area contributed by atoms with Crippen molar-refractivity contribution in [1.29, 1.82) is 0 Å². The predicted molar refractivity (Wildman–Crippen MR) is 64.3 cm³/mol. The Balaban J connectivity index is 2.38. The van der Waals surface area contributed by atoms with Crippen molar-refractivity contribution in [3.8, 4) is 0 Å². The van der Waals surface area contributed by atoms with E-state index in [9.17, 15) is 4.79 Å². The van der Waals surface area contributed by atoms with Gasteiger partial charge in [0.2, 0.25) is 0 Å². The van der Waals surface area contributed by atoms with Gasteiger partial charge in [0.25, 0.3) is 0 Å². The molecule has 76 valence electrons. The maximum absolute atomic E-state index is 11.3. The summed E-state index contributed by atoms with van der Waals surface area (Å²) in [6.45, 7) is 2.25. The second-order valence-electron chi connectivity index (χ2n) is 3.15. The minimum atomic E-state index is -0.122. The minimum Gasteiger partial charge on any atom is -0.461 e. The highest BCUT2D eigenvalue weighted by atomic mass is 127. The highest BCUT2D eigenvalue weighted by Crippen LogP contribution is 2.06. The molecule has 1 aromatic carbocycles. The zero-order valence-electron chi connectivity index (χ0n) is 8.07. The van der Waals surface area contributed by atoms with Crippen molar-refractivity contribution in [1.82, 2.24) is 0 Å². The molecule has 0 N–H and O–H groups in total. The zero-order valence-corrected chi connectivity index (χ0v) is 10.2. The summed E-state index contributed by atoms with van der Waals surface area (Å²) in [5.41, 5.74) is 1.03. The van der Waals surface area contributed by atoms with Crippen molar-refractivity contribution in [3.05, 3.63) is 35.9 Å². The average Bonchev–Trinajstić information content (AvgIpc) is 2.26. The number of ether oxygens (including phenoxy) is 1. The van der Waals surface area contributed by atoms with E-state index in [1.54, 1.807) is 0 Å². The number of hydrogen-bond acceptors (Lipinski definition) is 2. The van der Waals surface area contributed by atoms with Crippen molar-refractivity contribution in [2.75, 3.05) is 4.43 Å². The number of alkyl halides is 1. The first-order valence-corrected chi connectivity index (χ1v) is 6.03. The van der Waals surface area contributed by atoms with Crippen molar-refractivity contribution >= 4 is 28.6 Å². The van der Waals surface area contributed by atoms with Crippen LogP contribution in [0.2, 0.25) is 0 Å². The lowest BCUT2D eigenvalue weighted by Crippen LogP contribution is -2.15. The van der Waals surface area contributed by atoms with Gasteiger partial charge in [-0.15, -0.1) is 0 Å². The fourth-order valence-corrected chi connectivity index (χ4v) is 1.29. The van der Waals surface area contributed by atoms with Crippen LogP contribution in [0.15, 0.2) is 30.3 Å². The van der Waals surface area contributed by atoms with Crippen molar-refractivity contribution in [3.63, 3.8) is 0 Å². The molecule has 0 radical (unpaired) electrons. The molecule has 0 aliphatic carbocycles. The third kappa shape index (κ3) is 3.65. The first kappa shape index (κ1) is 11.5. The van der Waals surface area contributed by atoms with Crippen LogP contribution in [0.1, 0.15) is 12.5 Å². The largest absolute Gasteiger partial charge is 0.461 e. The predicted octanol–water partition coefficient (Wildman–Crippen LogP) is 2.80. The minimum absolute atomic E-state index is 0.0145. The normalized spacial score (nSPS) is 12.1. The number of carbonyl (C=O) groups is 1. The summed E-state index contributed by atoms with van der Waals surface area (Å²) in [5, 5.41) is 0. The lowest BCUT2D eigenvalue weighted by atomic mass is 10.2. The number of benzene rings is 1. The lowest BCUT2D eigenvalue weighted by molar-refractivity contribution is -0.148. The second-order valence-corrected chi connectivity index (χ2v) is 4.03. The molecule has 0 heterocycles. The summed E-state index contributed by atoms with van der Waals surface area (Å²) < 4.78 is 5.93. The summed E-state index contributed by atoms with van der Waals surface area (Å²) >= 11 is 2.18. The fourth-order valence-electron chi connectivity index (χ4n) is 0.934.